The molecule has 0 bridgehead atoms. The maximum atomic E-state index is 13.1. The van der Waals surface area contributed by atoms with E-state index in [1.54, 1.807) is 20.4 Å². The average molecular weight is 714 g/mol. The largest absolute Gasteiger partial charge is 0.369 e. The molecule has 1 fully saturated rings. The number of allylic oxidation sites excluding steroid dienone is 1. The molecular formula is C40H51N5O3S2. The van der Waals surface area contributed by atoms with E-state index >= 15 is 0 Å². The van der Waals surface area contributed by atoms with Crippen LogP contribution in [0.4, 0.5) is 0 Å². The Morgan fingerprint density at radius 2 is 1.70 bits per heavy atom. The number of carbonyl (C=O) groups excluding carboxylic acids is 1. The average Bonchev–Trinajstić information content (AvgIpc) is 3.40. The minimum atomic E-state index is -2.22. The van der Waals surface area contributed by atoms with Crippen molar-refractivity contribution in [3.63, 3.8) is 0 Å². The van der Waals surface area contributed by atoms with Crippen molar-refractivity contribution in [3.05, 3.63) is 113 Å². The third-order valence-electron chi connectivity index (χ3n) is 9.68. The molecule has 4 aromatic rings. The number of fused-ring (bicyclic) bond motifs is 1. The Morgan fingerprint density at radius 3 is 2.34 bits per heavy atom. The zero-order chi connectivity index (χ0) is 36.2. The molecular weight excluding hydrogens is 663 g/mol. The summed E-state index contributed by atoms with van der Waals surface area (Å²) in [5.74, 6) is 3.74. The lowest BCUT2D eigenvalue weighted by Gasteiger charge is -2.36. The van der Waals surface area contributed by atoms with Crippen molar-refractivity contribution in [1.82, 2.24) is 22.8 Å². The molecule has 3 atom stereocenters. The smallest absolute Gasteiger partial charge is 0.264 e. The predicted octanol–water partition coefficient (Wildman–Crippen LogP) is 6.42. The number of nitrogens with one attached hydrogen (secondary N) is 1. The molecule has 0 aliphatic carbocycles. The summed E-state index contributed by atoms with van der Waals surface area (Å²) in [7, 11) is 3.15. The number of aryl methyl sites for hydroxylation is 3. The van der Waals surface area contributed by atoms with E-state index < -0.39 is 20.9 Å². The number of hydrogen-bond acceptors (Lipinski definition) is 4. The van der Waals surface area contributed by atoms with Gasteiger partial charge in [0.15, 0.2) is 11.2 Å². The fourth-order valence-corrected chi connectivity index (χ4v) is 7.97. The highest BCUT2D eigenvalue weighted by Gasteiger charge is 2.24. The molecule has 1 amide bonds. The van der Waals surface area contributed by atoms with Gasteiger partial charge >= 0.3 is 0 Å². The second-order valence-corrected chi connectivity index (χ2v) is 17.3. The summed E-state index contributed by atoms with van der Waals surface area (Å²) >= 11 is -1.62. The predicted molar refractivity (Wildman–Crippen MR) is 213 cm³/mol. The van der Waals surface area contributed by atoms with E-state index in [2.05, 4.69) is 102 Å². The van der Waals surface area contributed by atoms with E-state index in [0.717, 1.165) is 65.8 Å². The molecule has 1 N–H and O–H groups in total. The molecule has 1 aliphatic rings. The monoisotopic (exact) mass is 713 g/mol. The van der Waals surface area contributed by atoms with Crippen LogP contribution in [0.15, 0.2) is 85.1 Å². The summed E-state index contributed by atoms with van der Waals surface area (Å²) in [6.07, 6.45) is 8.79. The Balaban J connectivity index is 1.56. The molecule has 266 valence electrons. The van der Waals surface area contributed by atoms with Crippen molar-refractivity contribution < 1.29 is 13.2 Å². The van der Waals surface area contributed by atoms with E-state index in [1.807, 2.05) is 28.6 Å². The normalized spacial score (nSPS) is 16.5. The van der Waals surface area contributed by atoms with Gasteiger partial charge in [0.25, 0.3) is 5.91 Å². The van der Waals surface area contributed by atoms with Gasteiger partial charge < -0.3 is 9.47 Å². The molecule has 1 aliphatic heterocycles. The van der Waals surface area contributed by atoms with Gasteiger partial charge in [-0.15, -0.1) is 0 Å². The highest BCUT2D eigenvalue weighted by molar-refractivity contribution is 7.97. The Hall–Kier alpha value is -3.96. The lowest BCUT2D eigenvalue weighted by atomic mass is 9.90. The fourth-order valence-electron chi connectivity index (χ4n) is 6.57. The van der Waals surface area contributed by atoms with Gasteiger partial charge in [-0.3, -0.25) is 13.7 Å². The van der Waals surface area contributed by atoms with Crippen LogP contribution >= 0.6 is 0 Å². The minimum absolute atomic E-state index is 0.261. The molecule has 3 unspecified atom stereocenters. The highest BCUT2D eigenvalue weighted by Crippen LogP contribution is 2.41. The number of piperazine rings is 1. The molecule has 10 heteroatoms. The first-order valence-electron chi connectivity index (χ1n) is 17.2. The first kappa shape index (κ1) is 37.3. The Morgan fingerprint density at radius 1 is 1.02 bits per heavy atom. The van der Waals surface area contributed by atoms with Crippen LogP contribution in [-0.4, -0.2) is 84.8 Å². The molecule has 1 aromatic heterocycles. The van der Waals surface area contributed by atoms with E-state index in [1.165, 1.54) is 21.0 Å². The van der Waals surface area contributed by atoms with Crippen molar-refractivity contribution >= 4 is 49.6 Å². The summed E-state index contributed by atoms with van der Waals surface area (Å²) in [6, 6.07) is 23.1. The topological polar surface area (TPSA) is 77.9 Å². The van der Waals surface area contributed by atoms with E-state index in [0.29, 0.717) is 18.7 Å². The van der Waals surface area contributed by atoms with Crippen LogP contribution < -0.4 is 4.72 Å². The second-order valence-electron chi connectivity index (χ2n) is 13.5. The lowest BCUT2D eigenvalue weighted by molar-refractivity contribution is 0.0981. The molecule has 3 aromatic carbocycles. The standard InChI is InChI=1S/C40H51N5O3S2/c1-9-29(2)38-36-22-20-34(40(46)41-49(47)42(4)5)28-37(36)43(6)39(38)35-21-18-32(17-16-31-13-11-10-12-14-31)27-33(35)19-15-30(3)44-23-25-45(26-24-44)50(7,8)48/h10-15,18-22,27-29H,3,7,9,16-17,23-26H2,1-2,4-6,8H3,(H,41,46)/b19-15+. The fraction of sp³-hybridized carbons (Fsp3) is 0.350. The Bertz CT molecular complexity index is 2020. The number of aromatic nitrogens is 1. The first-order valence-corrected chi connectivity index (χ1v) is 20.4. The maximum absolute atomic E-state index is 13.1. The number of rotatable bonds is 13. The summed E-state index contributed by atoms with van der Waals surface area (Å²) < 4.78 is 33.1. The molecule has 50 heavy (non-hydrogen) atoms. The van der Waals surface area contributed by atoms with Crippen LogP contribution in [0.3, 0.4) is 0 Å². The Kier molecular flexibility index (Phi) is 11.9. The van der Waals surface area contributed by atoms with Gasteiger partial charge in [-0.1, -0.05) is 81.1 Å². The lowest BCUT2D eigenvalue weighted by Crippen LogP contribution is -2.47. The van der Waals surface area contributed by atoms with E-state index in [-0.39, 0.29) is 11.8 Å². The van der Waals surface area contributed by atoms with Gasteiger partial charge in [-0.2, -0.15) is 0 Å². The van der Waals surface area contributed by atoms with E-state index in [4.69, 9.17) is 0 Å². The van der Waals surface area contributed by atoms with Crippen LogP contribution in [0.25, 0.3) is 28.2 Å². The zero-order valence-corrected chi connectivity index (χ0v) is 31.9. The van der Waals surface area contributed by atoms with Crippen LogP contribution in [0.5, 0.6) is 0 Å². The van der Waals surface area contributed by atoms with Crippen LogP contribution in [0.2, 0.25) is 0 Å². The summed E-state index contributed by atoms with van der Waals surface area (Å²) in [6.45, 7) is 11.7. The zero-order valence-electron chi connectivity index (χ0n) is 30.3. The van der Waals surface area contributed by atoms with Crippen molar-refractivity contribution in [2.75, 3.05) is 46.5 Å². The number of nitrogens with zero attached hydrogens (tertiary/aromatic N) is 4. The molecule has 1 saturated heterocycles. The van der Waals surface area contributed by atoms with E-state index in [9.17, 15) is 13.2 Å². The van der Waals surface area contributed by atoms with Gasteiger partial charge in [0, 0.05) is 91.0 Å². The van der Waals surface area contributed by atoms with Crippen molar-refractivity contribution in [3.8, 4) is 11.3 Å². The van der Waals surface area contributed by atoms with Gasteiger partial charge in [0.05, 0.1) is 5.69 Å². The van der Waals surface area contributed by atoms with Crippen molar-refractivity contribution in [2.45, 2.75) is 39.0 Å². The number of hydrogen-bond donors (Lipinski definition) is 1. The highest BCUT2D eigenvalue weighted by atomic mass is 32.2. The third kappa shape index (κ3) is 8.49. The first-order chi connectivity index (χ1) is 23.8. The molecule has 8 nitrogen and oxygen atoms in total. The summed E-state index contributed by atoms with van der Waals surface area (Å²) in [4.78, 5) is 15.3. The molecule has 0 radical (unpaired) electrons. The van der Waals surface area contributed by atoms with Gasteiger partial charge in [-0.05, 0) is 71.5 Å². The quantitative estimate of drug-likeness (QED) is 0.128. The molecule has 0 saturated carbocycles. The van der Waals surface area contributed by atoms with Gasteiger partial charge in [0.2, 0.25) is 0 Å². The van der Waals surface area contributed by atoms with Crippen LogP contribution in [-0.2, 0) is 40.8 Å². The molecule has 0 spiro atoms. The van der Waals surface area contributed by atoms with Crippen LogP contribution in [0.1, 0.15) is 58.8 Å². The number of amides is 1. The molecule has 2 heterocycles. The van der Waals surface area contributed by atoms with Gasteiger partial charge in [0.1, 0.15) is 0 Å². The second kappa shape index (κ2) is 15.9. The maximum Gasteiger partial charge on any atom is 0.264 e. The minimum Gasteiger partial charge on any atom is -0.369 e. The van der Waals surface area contributed by atoms with Crippen LogP contribution in [0, 0.1) is 0 Å². The summed E-state index contributed by atoms with van der Waals surface area (Å²) in [5.41, 5.74) is 9.45. The van der Waals surface area contributed by atoms with Gasteiger partial charge in [-0.25, -0.2) is 12.8 Å². The number of benzene rings is 3. The van der Waals surface area contributed by atoms with Crippen molar-refractivity contribution in [1.29, 1.82) is 0 Å². The summed E-state index contributed by atoms with van der Waals surface area (Å²) in [5, 5.41) is 1.10. The molecule has 5 rings (SSSR count). The third-order valence-corrected chi connectivity index (χ3v) is 12.2. The number of carbonyl (C=O) groups is 1. The SMILES string of the molecule is C=C(/C=C/c1cc(CCc2ccccc2)ccc1-c1c(C(C)CC)c2ccc(C(=O)NS(=O)N(C)C)cc2n1C)N1CCN(S(=C)(C)=O)CC1. The van der Waals surface area contributed by atoms with Crippen molar-refractivity contribution in [2.24, 2.45) is 7.05 Å². The Labute approximate surface area is 301 Å².